The van der Waals surface area contributed by atoms with Gasteiger partial charge in [-0.2, -0.15) is 4.99 Å². The van der Waals surface area contributed by atoms with E-state index in [0.717, 1.165) is 11.3 Å². The summed E-state index contributed by atoms with van der Waals surface area (Å²) >= 11 is 0. The number of benzene rings is 1. The zero-order valence-electron chi connectivity index (χ0n) is 12.6. The Hall–Kier alpha value is -2.63. The average molecular weight is 285 g/mol. The molecule has 21 heavy (non-hydrogen) atoms. The van der Waals surface area contributed by atoms with Gasteiger partial charge in [-0.05, 0) is 39.3 Å². The van der Waals surface area contributed by atoms with Crippen molar-refractivity contribution in [3.8, 4) is 0 Å². The largest absolute Gasteiger partial charge is 0.369 e. The van der Waals surface area contributed by atoms with Gasteiger partial charge in [-0.15, -0.1) is 0 Å². The van der Waals surface area contributed by atoms with Crippen LogP contribution in [0.1, 0.15) is 22.4 Å². The molecule has 0 aliphatic heterocycles. The fourth-order valence-electron chi connectivity index (χ4n) is 1.92. The molecule has 0 fully saturated rings. The maximum atomic E-state index is 11.7. The van der Waals surface area contributed by atoms with Crippen LogP contribution in [0.4, 0.5) is 11.6 Å². The molecule has 1 heterocycles. The lowest BCUT2D eigenvalue weighted by atomic mass is 10.1. The lowest BCUT2D eigenvalue weighted by Crippen LogP contribution is -2.23. The van der Waals surface area contributed by atoms with Crippen molar-refractivity contribution in [1.82, 2.24) is 9.97 Å². The molecule has 0 bridgehead atoms. The minimum absolute atomic E-state index is 0.174. The number of aromatic amines is 1. The number of nitrogens with zero attached hydrogens (tertiary/aromatic N) is 2. The summed E-state index contributed by atoms with van der Waals surface area (Å²) in [4.78, 5) is 22.5. The summed E-state index contributed by atoms with van der Waals surface area (Å²) < 4.78 is 0. The van der Waals surface area contributed by atoms with Gasteiger partial charge in [0.1, 0.15) is 0 Å². The van der Waals surface area contributed by atoms with Crippen LogP contribution in [-0.2, 0) is 0 Å². The molecule has 4 N–H and O–H groups in total. The molecule has 0 unspecified atom stereocenters. The Labute approximate surface area is 123 Å². The van der Waals surface area contributed by atoms with Crippen LogP contribution >= 0.6 is 0 Å². The summed E-state index contributed by atoms with van der Waals surface area (Å²) in [7, 11) is 0. The normalized spacial score (nSPS) is 11.5. The van der Waals surface area contributed by atoms with E-state index in [9.17, 15) is 4.79 Å². The predicted molar refractivity (Wildman–Crippen MR) is 85.2 cm³/mol. The standard InChI is InChI=1S/C15H19N5O/c1-8-5-6-12(9(2)7-8)18-14(16)20-15-17-11(4)10(3)13(21)19-15/h5-7H,1-4H3,(H4,16,17,18,19,20,21). The maximum Gasteiger partial charge on any atom is 0.255 e. The highest BCUT2D eigenvalue weighted by molar-refractivity contribution is 5.94. The molecule has 0 amide bonds. The van der Waals surface area contributed by atoms with Crippen LogP contribution in [0.25, 0.3) is 0 Å². The highest BCUT2D eigenvalue weighted by Crippen LogP contribution is 2.16. The number of nitrogens with one attached hydrogen (secondary N) is 2. The van der Waals surface area contributed by atoms with Crippen LogP contribution in [0.5, 0.6) is 0 Å². The summed E-state index contributed by atoms with van der Waals surface area (Å²) in [5.41, 5.74) is 9.97. The second-order valence-electron chi connectivity index (χ2n) is 5.04. The van der Waals surface area contributed by atoms with Crippen molar-refractivity contribution in [2.24, 2.45) is 10.7 Å². The van der Waals surface area contributed by atoms with Crippen LogP contribution in [0.15, 0.2) is 28.0 Å². The molecule has 0 radical (unpaired) electrons. The maximum absolute atomic E-state index is 11.7. The third-order valence-corrected chi connectivity index (χ3v) is 3.25. The van der Waals surface area contributed by atoms with Crippen molar-refractivity contribution in [2.75, 3.05) is 5.32 Å². The molecule has 0 saturated carbocycles. The Morgan fingerprint density at radius 3 is 2.62 bits per heavy atom. The van der Waals surface area contributed by atoms with Crippen LogP contribution < -0.4 is 16.6 Å². The molecule has 0 atom stereocenters. The first-order valence-corrected chi connectivity index (χ1v) is 6.63. The zero-order chi connectivity index (χ0) is 15.6. The number of hydrogen-bond donors (Lipinski definition) is 3. The lowest BCUT2D eigenvalue weighted by Gasteiger charge is -2.09. The Bertz CT molecular complexity index is 761. The Kier molecular flexibility index (Phi) is 4.07. The Morgan fingerprint density at radius 1 is 1.29 bits per heavy atom. The highest BCUT2D eigenvalue weighted by atomic mass is 16.1. The topological polar surface area (TPSA) is 96.2 Å². The number of H-pyrrole nitrogens is 1. The highest BCUT2D eigenvalue weighted by Gasteiger charge is 2.04. The van der Waals surface area contributed by atoms with Crippen molar-refractivity contribution < 1.29 is 0 Å². The summed E-state index contributed by atoms with van der Waals surface area (Å²) in [6.07, 6.45) is 0. The lowest BCUT2D eigenvalue weighted by molar-refractivity contribution is 1.01. The molecular formula is C15H19N5O. The monoisotopic (exact) mass is 285 g/mol. The molecule has 6 heteroatoms. The first-order chi connectivity index (χ1) is 9.86. The predicted octanol–water partition coefficient (Wildman–Crippen LogP) is 2.06. The summed E-state index contributed by atoms with van der Waals surface area (Å²) in [6.45, 7) is 7.49. The van der Waals surface area contributed by atoms with E-state index >= 15 is 0 Å². The molecule has 0 aliphatic rings. The van der Waals surface area contributed by atoms with Gasteiger partial charge in [0.15, 0.2) is 0 Å². The number of rotatable bonds is 2. The van der Waals surface area contributed by atoms with Gasteiger partial charge in [0, 0.05) is 16.9 Å². The molecule has 0 spiro atoms. The average Bonchev–Trinajstić information content (AvgIpc) is 2.39. The van der Waals surface area contributed by atoms with Crippen molar-refractivity contribution in [3.63, 3.8) is 0 Å². The molecule has 6 nitrogen and oxygen atoms in total. The van der Waals surface area contributed by atoms with Crippen LogP contribution in [0.2, 0.25) is 0 Å². The van der Waals surface area contributed by atoms with Gasteiger partial charge in [0.2, 0.25) is 11.9 Å². The number of anilines is 1. The second-order valence-corrected chi connectivity index (χ2v) is 5.04. The first kappa shape index (κ1) is 14.8. The van der Waals surface area contributed by atoms with Gasteiger partial charge >= 0.3 is 0 Å². The number of nitrogens with two attached hydrogens (primary N) is 1. The van der Waals surface area contributed by atoms with E-state index in [-0.39, 0.29) is 17.5 Å². The van der Waals surface area contributed by atoms with Crippen molar-refractivity contribution in [2.45, 2.75) is 27.7 Å². The Morgan fingerprint density at radius 2 is 2.00 bits per heavy atom. The molecule has 1 aromatic carbocycles. The van der Waals surface area contributed by atoms with Gasteiger partial charge < -0.3 is 11.1 Å². The second kappa shape index (κ2) is 5.78. The van der Waals surface area contributed by atoms with Gasteiger partial charge in [-0.3, -0.25) is 9.78 Å². The van der Waals surface area contributed by atoms with E-state index in [4.69, 9.17) is 5.73 Å². The van der Waals surface area contributed by atoms with E-state index in [2.05, 4.69) is 20.3 Å². The number of hydrogen-bond acceptors (Lipinski definition) is 3. The van der Waals surface area contributed by atoms with Crippen LogP contribution in [0, 0.1) is 27.7 Å². The summed E-state index contributed by atoms with van der Waals surface area (Å²) in [6, 6.07) is 5.97. The SMILES string of the molecule is Cc1ccc(NC(N)=Nc2nc(C)c(C)c(=O)[nH]2)c(C)c1. The first-order valence-electron chi connectivity index (χ1n) is 6.63. The zero-order valence-corrected chi connectivity index (χ0v) is 12.6. The molecule has 0 saturated heterocycles. The van der Waals surface area contributed by atoms with Crippen LogP contribution in [0.3, 0.4) is 0 Å². The van der Waals surface area contributed by atoms with Gasteiger partial charge in [-0.1, -0.05) is 17.7 Å². The molecule has 1 aromatic heterocycles. The van der Waals surface area contributed by atoms with Crippen molar-refractivity contribution in [1.29, 1.82) is 0 Å². The number of guanidine groups is 1. The third-order valence-electron chi connectivity index (χ3n) is 3.25. The van der Waals surface area contributed by atoms with Crippen molar-refractivity contribution >= 4 is 17.6 Å². The molecule has 2 rings (SSSR count). The molecule has 0 aliphatic carbocycles. The third kappa shape index (κ3) is 3.47. The van der Waals surface area contributed by atoms with E-state index in [0.29, 0.717) is 11.3 Å². The van der Waals surface area contributed by atoms with E-state index < -0.39 is 0 Å². The van der Waals surface area contributed by atoms with Crippen LogP contribution in [-0.4, -0.2) is 15.9 Å². The number of aliphatic imine (C=N–C) groups is 1. The smallest absolute Gasteiger partial charge is 0.255 e. The summed E-state index contributed by atoms with van der Waals surface area (Å²) in [5, 5.41) is 3.01. The summed E-state index contributed by atoms with van der Waals surface area (Å²) in [5.74, 6) is 0.367. The van der Waals surface area contributed by atoms with E-state index in [1.165, 1.54) is 5.56 Å². The van der Waals surface area contributed by atoms with Gasteiger partial charge in [0.05, 0.1) is 0 Å². The van der Waals surface area contributed by atoms with Crippen molar-refractivity contribution in [3.05, 3.63) is 50.9 Å². The minimum Gasteiger partial charge on any atom is -0.369 e. The Balaban J connectivity index is 2.27. The molecular weight excluding hydrogens is 266 g/mol. The van der Waals surface area contributed by atoms with Gasteiger partial charge in [-0.25, -0.2) is 4.98 Å². The minimum atomic E-state index is -0.208. The quantitative estimate of drug-likeness (QED) is 0.581. The van der Waals surface area contributed by atoms with Gasteiger partial charge in [0.25, 0.3) is 5.56 Å². The fourth-order valence-corrected chi connectivity index (χ4v) is 1.92. The van der Waals surface area contributed by atoms with E-state index in [1.807, 2.05) is 32.0 Å². The fraction of sp³-hybridized carbons (Fsp3) is 0.267. The number of aromatic nitrogens is 2. The number of aryl methyl sites for hydroxylation is 3. The molecule has 110 valence electrons. The molecule has 2 aromatic rings. The van der Waals surface area contributed by atoms with E-state index in [1.54, 1.807) is 13.8 Å².